The molecule has 0 atom stereocenters. The molecule has 1 N–H and O–H groups in total. The van der Waals surface area contributed by atoms with Crippen molar-refractivity contribution >= 4 is 16.1 Å². The molecule has 2 aliphatic rings. The number of rotatable bonds is 4. The fourth-order valence-corrected chi connectivity index (χ4v) is 4.64. The molecule has 2 aliphatic heterocycles. The Morgan fingerprint density at radius 3 is 2.21 bits per heavy atom. The molecule has 8 heteroatoms. The van der Waals surface area contributed by atoms with Gasteiger partial charge in [-0.05, 0) is 25.0 Å². The third-order valence-corrected chi connectivity index (χ3v) is 6.48. The smallest absolute Gasteiger partial charge is 0.282 e. The van der Waals surface area contributed by atoms with Gasteiger partial charge in [0.1, 0.15) is 0 Å². The van der Waals surface area contributed by atoms with Crippen LogP contribution >= 0.6 is 0 Å². The average molecular weight is 353 g/mol. The fraction of sp³-hybridized carbons (Fsp3) is 0.562. The molecule has 0 aliphatic carbocycles. The average Bonchev–Trinajstić information content (AvgIpc) is 2.63. The highest BCUT2D eigenvalue weighted by Gasteiger charge is 2.34. The molecule has 132 valence electrons. The Labute approximate surface area is 142 Å². The Bertz CT molecular complexity index is 651. The van der Waals surface area contributed by atoms with E-state index in [1.54, 1.807) is 12.1 Å². The summed E-state index contributed by atoms with van der Waals surface area (Å²) in [4.78, 5) is 12.2. The maximum absolute atomic E-state index is 12.6. The molecular weight excluding hydrogens is 330 g/mol. The van der Waals surface area contributed by atoms with Gasteiger partial charge in [0.2, 0.25) is 0 Å². The van der Waals surface area contributed by atoms with Gasteiger partial charge in [-0.1, -0.05) is 18.2 Å². The van der Waals surface area contributed by atoms with Gasteiger partial charge in [0.25, 0.3) is 16.1 Å². The van der Waals surface area contributed by atoms with E-state index in [4.69, 9.17) is 4.74 Å². The Morgan fingerprint density at radius 1 is 1.00 bits per heavy atom. The van der Waals surface area contributed by atoms with Gasteiger partial charge in [0.05, 0.1) is 13.2 Å². The van der Waals surface area contributed by atoms with Gasteiger partial charge in [-0.15, -0.1) is 0 Å². The van der Waals surface area contributed by atoms with E-state index in [2.05, 4.69) is 5.32 Å². The van der Waals surface area contributed by atoms with Crippen LogP contribution in [0.15, 0.2) is 30.3 Å². The highest BCUT2D eigenvalue weighted by molar-refractivity contribution is 7.86. The van der Waals surface area contributed by atoms with E-state index in [1.807, 2.05) is 18.2 Å². The zero-order chi connectivity index (χ0) is 17.0. The number of hydrogen-bond acceptors (Lipinski definition) is 4. The van der Waals surface area contributed by atoms with Crippen LogP contribution in [-0.4, -0.2) is 68.4 Å². The van der Waals surface area contributed by atoms with Crippen LogP contribution in [0, 0.1) is 0 Å². The van der Waals surface area contributed by atoms with Crippen molar-refractivity contribution in [1.82, 2.24) is 13.9 Å². The van der Waals surface area contributed by atoms with Crippen LogP contribution < -0.4 is 5.32 Å². The summed E-state index contributed by atoms with van der Waals surface area (Å²) in [6.07, 6.45) is 1.25. The number of ether oxygens (including phenoxy) is 1. The second-order valence-electron chi connectivity index (χ2n) is 6.03. The number of morpholine rings is 1. The van der Waals surface area contributed by atoms with Crippen molar-refractivity contribution in [2.45, 2.75) is 18.9 Å². The highest BCUT2D eigenvalue weighted by Crippen LogP contribution is 2.18. The van der Waals surface area contributed by atoms with E-state index >= 15 is 0 Å². The summed E-state index contributed by atoms with van der Waals surface area (Å²) in [7, 11) is -3.42. The van der Waals surface area contributed by atoms with E-state index in [0.29, 0.717) is 57.8 Å². The van der Waals surface area contributed by atoms with Crippen molar-refractivity contribution in [2.75, 3.05) is 39.4 Å². The normalized spacial score (nSPS) is 21.5. The maximum atomic E-state index is 12.6. The Kier molecular flexibility index (Phi) is 5.50. The van der Waals surface area contributed by atoms with Gasteiger partial charge in [-0.25, -0.2) is 0 Å². The first-order valence-electron chi connectivity index (χ1n) is 8.26. The molecule has 0 aromatic heterocycles. The quantitative estimate of drug-likeness (QED) is 0.853. The minimum atomic E-state index is -3.42. The minimum absolute atomic E-state index is 0.00819. The van der Waals surface area contributed by atoms with Gasteiger partial charge >= 0.3 is 0 Å². The molecule has 2 fully saturated rings. The summed E-state index contributed by atoms with van der Waals surface area (Å²) in [6.45, 7) is 2.57. The zero-order valence-corrected chi connectivity index (χ0v) is 14.4. The Morgan fingerprint density at radius 2 is 1.58 bits per heavy atom. The van der Waals surface area contributed by atoms with Crippen molar-refractivity contribution in [3.8, 4) is 0 Å². The number of carbonyl (C=O) groups is 1. The van der Waals surface area contributed by atoms with Crippen molar-refractivity contribution in [3.05, 3.63) is 35.9 Å². The standard InChI is InChI=1S/C16H23N3O4S/c20-16(14-4-2-1-3-5-14)17-15-6-8-18(9-7-15)24(21,22)19-10-12-23-13-11-19/h1-5,15H,6-13H2,(H,17,20). The summed E-state index contributed by atoms with van der Waals surface area (Å²) in [5, 5.41) is 2.99. The van der Waals surface area contributed by atoms with Crippen LogP contribution in [0.2, 0.25) is 0 Å². The number of amides is 1. The van der Waals surface area contributed by atoms with Gasteiger partial charge in [-0.2, -0.15) is 17.0 Å². The van der Waals surface area contributed by atoms with E-state index in [9.17, 15) is 13.2 Å². The van der Waals surface area contributed by atoms with Crippen LogP contribution in [0.4, 0.5) is 0 Å². The van der Waals surface area contributed by atoms with Crippen molar-refractivity contribution < 1.29 is 17.9 Å². The number of carbonyl (C=O) groups excluding carboxylic acids is 1. The molecule has 2 heterocycles. The minimum Gasteiger partial charge on any atom is -0.379 e. The van der Waals surface area contributed by atoms with Crippen molar-refractivity contribution in [1.29, 1.82) is 0 Å². The second-order valence-corrected chi connectivity index (χ2v) is 7.96. The monoisotopic (exact) mass is 353 g/mol. The molecule has 0 unspecified atom stereocenters. The molecule has 0 radical (unpaired) electrons. The zero-order valence-electron chi connectivity index (χ0n) is 13.6. The van der Waals surface area contributed by atoms with Crippen LogP contribution in [0.5, 0.6) is 0 Å². The number of nitrogens with one attached hydrogen (secondary N) is 1. The summed E-state index contributed by atoms with van der Waals surface area (Å²) in [6, 6.07) is 9.07. The fourth-order valence-electron chi connectivity index (χ4n) is 3.03. The van der Waals surface area contributed by atoms with E-state index < -0.39 is 10.2 Å². The van der Waals surface area contributed by atoms with Gasteiger partial charge in [-0.3, -0.25) is 4.79 Å². The lowest BCUT2D eigenvalue weighted by Crippen LogP contribution is -2.53. The van der Waals surface area contributed by atoms with Crippen molar-refractivity contribution in [2.24, 2.45) is 0 Å². The number of nitrogens with zero attached hydrogens (tertiary/aromatic N) is 2. The van der Waals surface area contributed by atoms with Gasteiger partial charge in [0.15, 0.2) is 0 Å². The summed E-state index contributed by atoms with van der Waals surface area (Å²) < 4.78 is 33.4. The van der Waals surface area contributed by atoms with Crippen LogP contribution in [-0.2, 0) is 14.9 Å². The molecule has 0 bridgehead atoms. The third kappa shape index (κ3) is 3.94. The predicted molar refractivity (Wildman–Crippen MR) is 89.8 cm³/mol. The first kappa shape index (κ1) is 17.3. The first-order chi connectivity index (χ1) is 11.6. The van der Waals surface area contributed by atoms with Gasteiger partial charge in [0, 0.05) is 37.8 Å². The molecule has 1 amide bonds. The summed E-state index contributed by atoms with van der Waals surface area (Å²) >= 11 is 0. The van der Waals surface area contributed by atoms with E-state index in [0.717, 1.165) is 0 Å². The molecule has 3 rings (SSSR count). The summed E-state index contributed by atoms with van der Waals surface area (Å²) in [5.74, 6) is -0.106. The predicted octanol–water partition coefficient (Wildman–Crippen LogP) is 0.458. The van der Waals surface area contributed by atoms with Crippen LogP contribution in [0.1, 0.15) is 23.2 Å². The summed E-state index contributed by atoms with van der Waals surface area (Å²) in [5.41, 5.74) is 0.626. The van der Waals surface area contributed by atoms with Crippen LogP contribution in [0.25, 0.3) is 0 Å². The third-order valence-electron chi connectivity index (χ3n) is 4.45. The molecule has 0 spiro atoms. The maximum Gasteiger partial charge on any atom is 0.282 e. The SMILES string of the molecule is O=C(NC1CCN(S(=O)(=O)N2CCOCC2)CC1)c1ccccc1. The number of piperidine rings is 1. The largest absolute Gasteiger partial charge is 0.379 e. The lowest BCUT2D eigenvalue weighted by Gasteiger charge is -2.36. The molecular formula is C16H23N3O4S. The van der Waals surface area contributed by atoms with E-state index in [-0.39, 0.29) is 11.9 Å². The molecule has 0 saturated carbocycles. The molecule has 1 aromatic carbocycles. The van der Waals surface area contributed by atoms with E-state index in [1.165, 1.54) is 8.61 Å². The highest BCUT2D eigenvalue weighted by atomic mass is 32.2. The first-order valence-corrected chi connectivity index (χ1v) is 9.66. The topological polar surface area (TPSA) is 79.0 Å². The Hall–Kier alpha value is -1.48. The second kappa shape index (κ2) is 7.60. The molecule has 7 nitrogen and oxygen atoms in total. The molecule has 1 aromatic rings. The lowest BCUT2D eigenvalue weighted by atomic mass is 10.1. The number of benzene rings is 1. The van der Waals surface area contributed by atoms with Crippen molar-refractivity contribution in [3.63, 3.8) is 0 Å². The number of hydrogen-bond donors (Lipinski definition) is 1. The Balaban J connectivity index is 1.53. The van der Waals surface area contributed by atoms with Gasteiger partial charge < -0.3 is 10.1 Å². The van der Waals surface area contributed by atoms with Crippen LogP contribution in [0.3, 0.4) is 0 Å². The molecule has 2 saturated heterocycles. The lowest BCUT2D eigenvalue weighted by molar-refractivity contribution is 0.0693. The molecule has 24 heavy (non-hydrogen) atoms.